The highest BCUT2D eigenvalue weighted by atomic mass is 16.3. The summed E-state index contributed by atoms with van der Waals surface area (Å²) in [6.45, 7) is 0. The second-order valence-electron chi connectivity index (χ2n) is 12.7. The molecule has 0 aliphatic carbocycles. The van der Waals surface area contributed by atoms with E-state index >= 15 is 0 Å². The van der Waals surface area contributed by atoms with Crippen molar-refractivity contribution in [1.82, 2.24) is 24.5 Å². The Morgan fingerprint density at radius 3 is 1.40 bits per heavy atom. The molecule has 0 spiro atoms. The standard InChI is InChI=1S/C46H29N5O/c1-3-11-31(12-4-1)43-48-44(32-13-5-2-6-14-32)50-45(49-43)33-19-21-34(22-20-33)46-47-39-29-35(25-28-42(39)52-46)30-23-26-36(27-24-30)51-40-17-9-7-15-37(40)38-16-8-10-18-41(38)51/h1-29H. The van der Waals surface area contributed by atoms with Gasteiger partial charge in [-0.3, -0.25) is 0 Å². The van der Waals surface area contributed by atoms with Gasteiger partial charge in [-0.25, -0.2) is 19.9 Å². The molecule has 0 radical (unpaired) electrons. The lowest BCUT2D eigenvalue weighted by molar-refractivity contribution is 0.620. The molecule has 0 N–H and O–H groups in total. The summed E-state index contributed by atoms with van der Waals surface area (Å²) in [6.07, 6.45) is 0. The van der Waals surface area contributed by atoms with Crippen LogP contribution in [-0.4, -0.2) is 24.5 Å². The van der Waals surface area contributed by atoms with Gasteiger partial charge in [0.25, 0.3) is 0 Å². The number of oxazole rings is 1. The first-order valence-corrected chi connectivity index (χ1v) is 17.2. The Bertz CT molecular complexity index is 2770. The molecule has 3 heterocycles. The Labute approximate surface area is 299 Å². The minimum Gasteiger partial charge on any atom is -0.436 e. The van der Waals surface area contributed by atoms with E-state index < -0.39 is 0 Å². The van der Waals surface area contributed by atoms with Gasteiger partial charge in [0.1, 0.15) is 5.52 Å². The Morgan fingerprint density at radius 1 is 0.365 bits per heavy atom. The van der Waals surface area contributed by atoms with Crippen molar-refractivity contribution in [3.05, 3.63) is 176 Å². The van der Waals surface area contributed by atoms with Crippen LogP contribution in [0.25, 0.3) is 95.3 Å². The predicted octanol–water partition coefficient (Wildman–Crippen LogP) is 11.4. The lowest BCUT2D eigenvalue weighted by Gasteiger charge is -2.09. The molecule has 0 atom stereocenters. The van der Waals surface area contributed by atoms with E-state index in [0.717, 1.165) is 50.2 Å². The molecule has 10 aromatic rings. The van der Waals surface area contributed by atoms with Gasteiger partial charge in [0, 0.05) is 38.7 Å². The summed E-state index contributed by atoms with van der Waals surface area (Å²) in [4.78, 5) is 19.4. The van der Waals surface area contributed by atoms with Crippen molar-refractivity contribution >= 4 is 32.9 Å². The maximum atomic E-state index is 6.24. The van der Waals surface area contributed by atoms with Crippen molar-refractivity contribution in [2.45, 2.75) is 0 Å². The fourth-order valence-electron chi connectivity index (χ4n) is 6.93. The van der Waals surface area contributed by atoms with Crippen molar-refractivity contribution in [2.75, 3.05) is 0 Å². The zero-order chi connectivity index (χ0) is 34.4. The number of nitrogens with zero attached hydrogens (tertiary/aromatic N) is 5. The number of hydrogen-bond donors (Lipinski definition) is 0. The molecule has 6 heteroatoms. The Morgan fingerprint density at radius 2 is 0.827 bits per heavy atom. The number of hydrogen-bond acceptors (Lipinski definition) is 5. The van der Waals surface area contributed by atoms with Crippen molar-refractivity contribution in [3.63, 3.8) is 0 Å². The zero-order valence-electron chi connectivity index (χ0n) is 27.9. The van der Waals surface area contributed by atoms with Crippen LogP contribution in [-0.2, 0) is 0 Å². The summed E-state index contributed by atoms with van der Waals surface area (Å²) in [5.41, 5.74) is 10.9. The summed E-state index contributed by atoms with van der Waals surface area (Å²) < 4.78 is 8.57. The molecule has 0 aliphatic rings. The maximum absolute atomic E-state index is 6.24. The van der Waals surface area contributed by atoms with Crippen molar-refractivity contribution in [2.24, 2.45) is 0 Å². The van der Waals surface area contributed by atoms with Crippen molar-refractivity contribution in [3.8, 4) is 62.4 Å². The molecule has 6 nitrogen and oxygen atoms in total. The van der Waals surface area contributed by atoms with E-state index in [0.29, 0.717) is 23.4 Å². The third-order valence-corrected chi connectivity index (χ3v) is 9.52. The second kappa shape index (κ2) is 12.3. The lowest BCUT2D eigenvalue weighted by atomic mass is 10.0. The van der Waals surface area contributed by atoms with Crippen molar-refractivity contribution < 1.29 is 4.42 Å². The molecule has 0 bridgehead atoms. The van der Waals surface area contributed by atoms with Crippen LogP contribution in [0.1, 0.15) is 0 Å². The van der Waals surface area contributed by atoms with Crippen LogP contribution < -0.4 is 0 Å². The molecular weight excluding hydrogens is 639 g/mol. The third kappa shape index (κ3) is 5.22. The van der Waals surface area contributed by atoms with Crippen LogP contribution in [0.4, 0.5) is 0 Å². The summed E-state index contributed by atoms with van der Waals surface area (Å²) >= 11 is 0. The predicted molar refractivity (Wildman–Crippen MR) is 209 cm³/mol. The molecule has 0 unspecified atom stereocenters. The van der Waals surface area contributed by atoms with Gasteiger partial charge in [-0.05, 0) is 59.7 Å². The molecule has 0 fully saturated rings. The second-order valence-corrected chi connectivity index (χ2v) is 12.7. The van der Waals surface area contributed by atoms with Gasteiger partial charge >= 0.3 is 0 Å². The largest absolute Gasteiger partial charge is 0.436 e. The molecule has 7 aromatic carbocycles. The van der Waals surface area contributed by atoms with E-state index in [1.807, 2.05) is 91.0 Å². The van der Waals surface area contributed by atoms with Gasteiger partial charge < -0.3 is 8.98 Å². The maximum Gasteiger partial charge on any atom is 0.227 e. The van der Waals surface area contributed by atoms with Crippen molar-refractivity contribution in [1.29, 1.82) is 0 Å². The molecule has 3 aromatic heterocycles. The Hall–Kier alpha value is -7.18. The smallest absolute Gasteiger partial charge is 0.227 e. The highest BCUT2D eigenvalue weighted by Gasteiger charge is 2.15. The van der Waals surface area contributed by atoms with E-state index in [4.69, 9.17) is 24.4 Å². The molecule has 0 amide bonds. The Balaban J connectivity index is 0.951. The summed E-state index contributed by atoms with van der Waals surface area (Å²) in [5.74, 6) is 2.42. The van der Waals surface area contributed by atoms with Gasteiger partial charge in [0.2, 0.25) is 5.89 Å². The van der Waals surface area contributed by atoms with Gasteiger partial charge in [0.15, 0.2) is 23.1 Å². The third-order valence-electron chi connectivity index (χ3n) is 9.52. The van der Waals surface area contributed by atoms with E-state index in [2.05, 4.69) is 89.5 Å². The van der Waals surface area contributed by atoms with Crippen LogP contribution in [0.15, 0.2) is 180 Å². The monoisotopic (exact) mass is 667 g/mol. The molecule has 244 valence electrons. The van der Waals surface area contributed by atoms with Crippen LogP contribution in [0, 0.1) is 0 Å². The number of para-hydroxylation sites is 2. The zero-order valence-corrected chi connectivity index (χ0v) is 27.9. The number of benzene rings is 7. The first-order valence-electron chi connectivity index (χ1n) is 17.2. The minimum atomic E-state index is 0.561. The summed E-state index contributed by atoms with van der Waals surface area (Å²) in [5, 5.41) is 2.51. The number of rotatable bonds is 6. The number of fused-ring (bicyclic) bond motifs is 4. The fourth-order valence-corrected chi connectivity index (χ4v) is 6.93. The van der Waals surface area contributed by atoms with E-state index in [9.17, 15) is 0 Å². The average Bonchev–Trinajstić information content (AvgIpc) is 3.81. The van der Waals surface area contributed by atoms with Gasteiger partial charge in [-0.2, -0.15) is 0 Å². The van der Waals surface area contributed by atoms with Gasteiger partial charge in [-0.15, -0.1) is 0 Å². The quantitative estimate of drug-likeness (QED) is 0.176. The van der Waals surface area contributed by atoms with E-state index in [1.54, 1.807) is 0 Å². The van der Waals surface area contributed by atoms with Crippen LogP contribution in [0.2, 0.25) is 0 Å². The van der Waals surface area contributed by atoms with Crippen LogP contribution >= 0.6 is 0 Å². The molecule has 0 aliphatic heterocycles. The highest BCUT2D eigenvalue weighted by molar-refractivity contribution is 6.09. The molecular formula is C46H29N5O. The van der Waals surface area contributed by atoms with E-state index in [1.165, 1.54) is 21.8 Å². The van der Waals surface area contributed by atoms with Crippen LogP contribution in [0.3, 0.4) is 0 Å². The first-order chi connectivity index (χ1) is 25.7. The minimum absolute atomic E-state index is 0.561. The molecule has 0 saturated carbocycles. The van der Waals surface area contributed by atoms with Gasteiger partial charge in [0.05, 0.1) is 11.0 Å². The van der Waals surface area contributed by atoms with Crippen LogP contribution in [0.5, 0.6) is 0 Å². The Kier molecular flexibility index (Phi) is 7.03. The topological polar surface area (TPSA) is 69.6 Å². The van der Waals surface area contributed by atoms with E-state index in [-0.39, 0.29) is 0 Å². The normalized spacial score (nSPS) is 11.5. The summed E-state index contributed by atoms with van der Waals surface area (Å²) in [7, 11) is 0. The number of aromatic nitrogens is 5. The first kappa shape index (κ1) is 29.7. The highest BCUT2D eigenvalue weighted by Crippen LogP contribution is 2.34. The average molecular weight is 668 g/mol. The molecule has 0 saturated heterocycles. The summed E-state index contributed by atoms with van der Waals surface area (Å²) in [6, 6.07) is 60.0. The fraction of sp³-hybridized carbons (Fsp3) is 0. The van der Waals surface area contributed by atoms with Gasteiger partial charge in [-0.1, -0.05) is 127 Å². The molecule has 10 rings (SSSR count). The molecule has 52 heavy (non-hydrogen) atoms. The lowest BCUT2D eigenvalue weighted by Crippen LogP contribution is -2.00. The SMILES string of the molecule is c1ccc(-c2nc(-c3ccccc3)nc(-c3ccc(-c4nc5cc(-c6ccc(-n7c8ccccc8c8ccccc87)cc6)ccc5o4)cc3)n2)cc1.